The lowest BCUT2D eigenvalue weighted by molar-refractivity contribution is -0.0922. The second-order valence-electron chi connectivity index (χ2n) is 8.81. The molecule has 0 saturated heterocycles. The van der Waals surface area contributed by atoms with Crippen LogP contribution in [0, 0.1) is 23.2 Å². The van der Waals surface area contributed by atoms with Gasteiger partial charge in [-0.05, 0) is 74.7 Å². The maximum atomic E-state index is 10.7. The lowest BCUT2D eigenvalue weighted by atomic mass is 9.54. The van der Waals surface area contributed by atoms with Gasteiger partial charge in [-0.15, -0.1) is 0 Å². The molecule has 0 aromatic heterocycles. The van der Waals surface area contributed by atoms with Gasteiger partial charge >= 0.3 is 0 Å². The standard InChI is InChI=1S/C20H30O3/c1-19-9-8-15-14-7-5-13(23-3)10-12(14)4-6-16(15)17(19)11-20(2,22)18(19)21/h5,15-18,21-22H,4,6-11H2,1-3H3. The molecule has 2 saturated carbocycles. The van der Waals surface area contributed by atoms with Gasteiger partial charge in [-0.3, -0.25) is 0 Å². The van der Waals surface area contributed by atoms with E-state index in [2.05, 4.69) is 13.0 Å². The first-order chi connectivity index (χ1) is 10.9. The largest absolute Gasteiger partial charge is 0.501 e. The highest BCUT2D eigenvalue weighted by molar-refractivity contribution is 5.33. The molecule has 0 heterocycles. The topological polar surface area (TPSA) is 49.7 Å². The minimum absolute atomic E-state index is 0.106. The highest BCUT2D eigenvalue weighted by Gasteiger charge is 2.61. The summed E-state index contributed by atoms with van der Waals surface area (Å²) < 4.78 is 5.46. The smallest absolute Gasteiger partial charge is 0.0959 e. The molecule has 6 atom stereocenters. The van der Waals surface area contributed by atoms with Crippen LogP contribution in [-0.4, -0.2) is 29.0 Å². The fraction of sp³-hybridized carbons (Fsp3) is 0.800. The van der Waals surface area contributed by atoms with Crippen molar-refractivity contribution in [2.75, 3.05) is 7.11 Å². The molecule has 2 N–H and O–H groups in total. The van der Waals surface area contributed by atoms with E-state index in [1.54, 1.807) is 18.3 Å². The molecule has 128 valence electrons. The number of hydrogen-bond acceptors (Lipinski definition) is 3. The zero-order valence-electron chi connectivity index (χ0n) is 14.6. The molecule has 2 fully saturated rings. The molecule has 0 amide bonds. The van der Waals surface area contributed by atoms with E-state index in [4.69, 9.17) is 4.74 Å². The summed E-state index contributed by atoms with van der Waals surface area (Å²) in [5.74, 6) is 2.87. The zero-order chi connectivity index (χ0) is 16.4. The molecule has 0 aromatic rings. The molecule has 4 aliphatic rings. The van der Waals surface area contributed by atoms with E-state index in [1.807, 2.05) is 6.92 Å². The molecule has 0 aromatic carbocycles. The Hall–Kier alpha value is -0.800. The van der Waals surface area contributed by atoms with E-state index in [9.17, 15) is 10.2 Å². The zero-order valence-corrected chi connectivity index (χ0v) is 14.6. The molecule has 23 heavy (non-hydrogen) atoms. The summed E-state index contributed by atoms with van der Waals surface area (Å²) >= 11 is 0. The third-order valence-electron chi connectivity index (χ3n) is 7.60. The van der Waals surface area contributed by atoms with Crippen LogP contribution in [0.2, 0.25) is 0 Å². The first-order valence-corrected chi connectivity index (χ1v) is 9.21. The second kappa shape index (κ2) is 5.10. The van der Waals surface area contributed by atoms with Gasteiger partial charge in [0, 0.05) is 6.42 Å². The Morgan fingerprint density at radius 2 is 2.04 bits per heavy atom. The molecular formula is C20H30O3. The van der Waals surface area contributed by atoms with E-state index >= 15 is 0 Å². The quantitative estimate of drug-likeness (QED) is 0.727. The van der Waals surface area contributed by atoms with Gasteiger partial charge in [0.25, 0.3) is 0 Å². The summed E-state index contributed by atoms with van der Waals surface area (Å²) in [5, 5.41) is 21.4. The number of allylic oxidation sites excluding steroid dienone is 3. The molecule has 6 unspecified atom stereocenters. The van der Waals surface area contributed by atoms with E-state index in [0.717, 1.165) is 31.4 Å². The average molecular weight is 318 g/mol. The van der Waals surface area contributed by atoms with E-state index in [-0.39, 0.29) is 5.41 Å². The summed E-state index contributed by atoms with van der Waals surface area (Å²) in [6.07, 6.45) is 9.06. The highest BCUT2D eigenvalue weighted by Crippen LogP contribution is 2.63. The van der Waals surface area contributed by atoms with Crippen LogP contribution in [0.4, 0.5) is 0 Å². The van der Waals surface area contributed by atoms with Crippen LogP contribution >= 0.6 is 0 Å². The summed E-state index contributed by atoms with van der Waals surface area (Å²) in [5.41, 5.74) is 2.24. The highest BCUT2D eigenvalue weighted by atomic mass is 16.5. The monoisotopic (exact) mass is 318 g/mol. The van der Waals surface area contributed by atoms with Crippen molar-refractivity contribution in [2.24, 2.45) is 23.2 Å². The number of aliphatic hydroxyl groups is 2. The van der Waals surface area contributed by atoms with Crippen LogP contribution in [0.25, 0.3) is 0 Å². The Balaban J connectivity index is 1.63. The van der Waals surface area contributed by atoms with Crippen LogP contribution in [0.3, 0.4) is 0 Å². The molecule has 4 rings (SSSR count). The van der Waals surface area contributed by atoms with Crippen molar-refractivity contribution in [2.45, 2.75) is 70.5 Å². The van der Waals surface area contributed by atoms with Crippen molar-refractivity contribution in [3.05, 3.63) is 23.0 Å². The molecular weight excluding hydrogens is 288 g/mol. The number of fused-ring (bicyclic) bond motifs is 4. The Bertz CT molecular complexity index is 573. The first kappa shape index (κ1) is 15.7. The van der Waals surface area contributed by atoms with Crippen molar-refractivity contribution in [1.82, 2.24) is 0 Å². The molecule has 0 radical (unpaired) electrons. The predicted octanol–water partition coefficient (Wildman–Crippen LogP) is 3.57. The fourth-order valence-electron chi connectivity index (χ4n) is 6.38. The average Bonchev–Trinajstić information content (AvgIpc) is 2.73. The van der Waals surface area contributed by atoms with Crippen LogP contribution in [-0.2, 0) is 4.74 Å². The van der Waals surface area contributed by atoms with Crippen molar-refractivity contribution in [3.8, 4) is 0 Å². The summed E-state index contributed by atoms with van der Waals surface area (Å²) in [6, 6.07) is 0. The lowest BCUT2D eigenvalue weighted by Gasteiger charge is -2.51. The summed E-state index contributed by atoms with van der Waals surface area (Å²) in [7, 11) is 1.77. The van der Waals surface area contributed by atoms with E-state index in [0.29, 0.717) is 17.8 Å². The van der Waals surface area contributed by atoms with Crippen LogP contribution in [0.15, 0.2) is 23.0 Å². The Kier molecular flexibility index (Phi) is 3.48. The minimum atomic E-state index is -0.918. The summed E-state index contributed by atoms with van der Waals surface area (Å²) in [6.45, 7) is 4.05. The first-order valence-electron chi connectivity index (χ1n) is 9.21. The second-order valence-corrected chi connectivity index (χ2v) is 8.81. The summed E-state index contributed by atoms with van der Waals surface area (Å²) in [4.78, 5) is 0. The van der Waals surface area contributed by atoms with Crippen LogP contribution in [0.5, 0.6) is 0 Å². The van der Waals surface area contributed by atoms with Gasteiger partial charge < -0.3 is 14.9 Å². The Labute approximate surface area is 139 Å². The molecule has 3 nitrogen and oxygen atoms in total. The predicted molar refractivity (Wildman–Crippen MR) is 89.6 cm³/mol. The van der Waals surface area contributed by atoms with Crippen LogP contribution < -0.4 is 0 Å². The molecule has 0 bridgehead atoms. The van der Waals surface area contributed by atoms with Crippen molar-refractivity contribution < 1.29 is 14.9 Å². The van der Waals surface area contributed by atoms with Crippen LogP contribution in [0.1, 0.15) is 58.8 Å². The number of rotatable bonds is 1. The van der Waals surface area contributed by atoms with Crippen molar-refractivity contribution in [1.29, 1.82) is 0 Å². The SMILES string of the molecule is COC1=CCC2=C(CCC3C2CCC2(C)C3CC(C)(O)C2O)C1. The molecule has 3 heteroatoms. The molecule has 4 aliphatic carbocycles. The number of methoxy groups -OCH3 is 1. The Morgan fingerprint density at radius 1 is 1.26 bits per heavy atom. The third kappa shape index (κ3) is 2.16. The lowest BCUT2D eigenvalue weighted by Crippen LogP contribution is -2.47. The molecule has 0 spiro atoms. The van der Waals surface area contributed by atoms with Gasteiger partial charge in [0.05, 0.1) is 24.6 Å². The van der Waals surface area contributed by atoms with E-state index < -0.39 is 11.7 Å². The number of aliphatic hydroxyl groups excluding tert-OH is 1. The maximum absolute atomic E-state index is 10.7. The van der Waals surface area contributed by atoms with Crippen molar-refractivity contribution in [3.63, 3.8) is 0 Å². The molecule has 0 aliphatic heterocycles. The van der Waals surface area contributed by atoms with Gasteiger partial charge in [0.15, 0.2) is 0 Å². The van der Waals surface area contributed by atoms with Gasteiger partial charge in [0.2, 0.25) is 0 Å². The Morgan fingerprint density at radius 3 is 2.78 bits per heavy atom. The van der Waals surface area contributed by atoms with Gasteiger partial charge in [-0.1, -0.05) is 18.1 Å². The minimum Gasteiger partial charge on any atom is -0.501 e. The maximum Gasteiger partial charge on any atom is 0.0959 e. The van der Waals surface area contributed by atoms with Gasteiger partial charge in [-0.2, -0.15) is 0 Å². The van der Waals surface area contributed by atoms with E-state index in [1.165, 1.54) is 19.3 Å². The normalized spacial score (nSPS) is 49.2. The van der Waals surface area contributed by atoms with Gasteiger partial charge in [-0.25, -0.2) is 0 Å². The third-order valence-corrected chi connectivity index (χ3v) is 7.60. The number of ether oxygens (including phenoxy) is 1. The fourth-order valence-corrected chi connectivity index (χ4v) is 6.38. The van der Waals surface area contributed by atoms with Crippen molar-refractivity contribution >= 4 is 0 Å². The van der Waals surface area contributed by atoms with Gasteiger partial charge in [0.1, 0.15) is 0 Å². The number of hydrogen-bond donors (Lipinski definition) is 2.